The molecule has 1 aliphatic carbocycles. The number of para-hydroxylation sites is 1. The smallest absolute Gasteiger partial charge is 0.262 e. The number of benzene rings is 1. The maximum atomic E-state index is 12.9. The summed E-state index contributed by atoms with van der Waals surface area (Å²) in [5, 5.41) is 11.1. The summed E-state index contributed by atoms with van der Waals surface area (Å²) in [6.07, 6.45) is 12.5. The standard InChI is InChI=1S/C25H30Cl2N6O2/c1-3-6-16-9-11-18(12-10-16)33-15-17(13-29-33)30-25-28-14-19(24(32-25)35-4-2)23(34)31-22-20(26)7-5-8-21(22)27/h5,7-8,13-16,18H,3-4,6,9-12H2,1-2H3,(H,31,34)(H,28,30,32). The lowest BCUT2D eigenvalue weighted by Crippen LogP contribution is -2.18. The average Bonchev–Trinajstić information content (AvgIpc) is 3.31. The fraction of sp³-hybridized carbons (Fsp3) is 0.440. The number of anilines is 3. The van der Waals surface area contributed by atoms with Crippen LogP contribution in [0.25, 0.3) is 0 Å². The van der Waals surface area contributed by atoms with Crippen molar-refractivity contribution < 1.29 is 9.53 Å². The van der Waals surface area contributed by atoms with Crippen LogP contribution in [0.3, 0.4) is 0 Å². The van der Waals surface area contributed by atoms with E-state index in [9.17, 15) is 4.79 Å². The number of carbonyl (C=O) groups is 1. The number of rotatable bonds is 9. The molecule has 1 saturated carbocycles. The van der Waals surface area contributed by atoms with E-state index in [-0.39, 0.29) is 11.4 Å². The van der Waals surface area contributed by atoms with Crippen molar-refractivity contribution in [2.75, 3.05) is 17.2 Å². The van der Waals surface area contributed by atoms with Crippen molar-refractivity contribution in [3.8, 4) is 5.88 Å². The van der Waals surface area contributed by atoms with Crippen LogP contribution >= 0.6 is 23.2 Å². The van der Waals surface area contributed by atoms with E-state index in [2.05, 4.69) is 32.6 Å². The van der Waals surface area contributed by atoms with Crippen LogP contribution in [0.15, 0.2) is 36.8 Å². The van der Waals surface area contributed by atoms with Gasteiger partial charge in [-0.25, -0.2) is 4.98 Å². The van der Waals surface area contributed by atoms with E-state index >= 15 is 0 Å². The first-order valence-electron chi connectivity index (χ1n) is 12.0. The number of halogens is 2. The Labute approximate surface area is 215 Å². The minimum Gasteiger partial charge on any atom is -0.477 e. The van der Waals surface area contributed by atoms with Gasteiger partial charge in [0.05, 0.1) is 40.3 Å². The van der Waals surface area contributed by atoms with E-state index in [0.717, 1.165) is 24.4 Å². The molecule has 0 spiro atoms. The van der Waals surface area contributed by atoms with Crippen molar-refractivity contribution in [3.05, 3.63) is 52.4 Å². The van der Waals surface area contributed by atoms with E-state index in [1.165, 1.54) is 31.9 Å². The zero-order valence-corrected chi connectivity index (χ0v) is 21.4. The van der Waals surface area contributed by atoms with Crippen LogP contribution in [0.2, 0.25) is 10.0 Å². The molecular formula is C25H30Cl2N6O2. The third kappa shape index (κ3) is 6.24. The summed E-state index contributed by atoms with van der Waals surface area (Å²) in [7, 11) is 0. The van der Waals surface area contributed by atoms with Crippen LogP contribution in [0.5, 0.6) is 5.88 Å². The zero-order valence-electron chi connectivity index (χ0n) is 19.9. The molecule has 3 aromatic rings. The first kappa shape index (κ1) is 25.3. The number of ether oxygens (including phenoxy) is 1. The average molecular weight is 517 g/mol. The predicted molar refractivity (Wildman–Crippen MR) is 139 cm³/mol. The summed E-state index contributed by atoms with van der Waals surface area (Å²) >= 11 is 12.4. The van der Waals surface area contributed by atoms with Gasteiger partial charge >= 0.3 is 0 Å². The second-order valence-corrected chi connectivity index (χ2v) is 9.51. The van der Waals surface area contributed by atoms with Gasteiger partial charge in [-0.15, -0.1) is 0 Å². The van der Waals surface area contributed by atoms with Crippen molar-refractivity contribution >= 4 is 46.4 Å². The molecule has 1 fully saturated rings. The van der Waals surface area contributed by atoms with Crippen LogP contribution in [-0.2, 0) is 0 Å². The van der Waals surface area contributed by atoms with E-state index in [4.69, 9.17) is 27.9 Å². The lowest BCUT2D eigenvalue weighted by Gasteiger charge is -2.28. The Balaban J connectivity index is 1.45. The van der Waals surface area contributed by atoms with Gasteiger partial charge in [0.25, 0.3) is 5.91 Å². The number of hydrogen-bond acceptors (Lipinski definition) is 6. The first-order chi connectivity index (χ1) is 17.0. The molecule has 0 aliphatic heterocycles. The highest BCUT2D eigenvalue weighted by molar-refractivity contribution is 6.40. The highest BCUT2D eigenvalue weighted by Gasteiger charge is 2.23. The second kappa shape index (κ2) is 11.7. The summed E-state index contributed by atoms with van der Waals surface area (Å²) in [6, 6.07) is 5.41. The summed E-state index contributed by atoms with van der Waals surface area (Å²) in [6.45, 7) is 4.41. The van der Waals surface area contributed by atoms with Crippen LogP contribution in [-0.4, -0.2) is 32.3 Å². The molecule has 1 aromatic carbocycles. The lowest BCUT2D eigenvalue weighted by molar-refractivity contribution is 0.102. The Bertz CT molecular complexity index is 1140. The maximum absolute atomic E-state index is 12.9. The summed E-state index contributed by atoms with van der Waals surface area (Å²) in [5.74, 6) is 0.847. The molecule has 2 N–H and O–H groups in total. The maximum Gasteiger partial charge on any atom is 0.262 e. The Hall–Kier alpha value is -2.84. The van der Waals surface area contributed by atoms with Gasteiger partial charge in [0.1, 0.15) is 5.56 Å². The molecule has 10 heteroatoms. The minimum atomic E-state index is -0.471. The van der Waals surface area contributed by atoms with Crippen LogP contribution in [0.1, 0.15) is 68.8 Å². The van der Waals surface area contributed by atoms with E-state index in [0.29, 0.717) is 34.3 Å². The van der Waals surface area contributed by atoms with Crippen molar-refractivity contribution in [3.63, 3.8) is 0 Å². The van der Waals surface area contributed by atoms with Gasteiger partial charge in [0.2, 0.25) is 11.8 Å². The number of hydrogen-bond donors (Lipinski definition) is 2. The highest BCUT2D eigenvalue weighted by atomic mass is 35.5. The van der Waals surface area contributed by atoms with Crippen LogP contribution in [0.4, 0.5) is 17.3 Å². The molecule has 4 rings (SSSR count). The fourth-order valence-electron chi connectivity index (χ4n) is 4.46. The third-order valence-corrected chi connectivity index (χ3v) is 6.86. The molecule has 0 bridgehead atoms. The van der Waals surface area contributed by atoms with Gasteiger partial charge in [-0.3, -0.25) is 9.48 Å². The van der Waals surface area contributed by atoms with Crippen molar-refractivity contribution in [2.24, 2.45) is 5.92 Å². The topological polar surface area (TPSA) is 94.0 Å². The molecule has 0 unspecified atom stereocenters. The van der Waals surface area contributed by atoms with Gasteiger partial charge in [-0.1, -0.05) is 49.0 Å². The fourth-order valence-corrected chi connectivity index (χ4v) is 4.96. The molecule has 186 valence electrons. The predicted octanol–water partition coefficient (Wildman–Crippen LogP) is 6.91. The second-order valence-electron chi connectivity index (χ2n) is 8.69. The lowest BCUT2D eigenvalue weighted by atomic mass is 9.83. The van der Waals surface area contributed by atoms with Gasteiger partial charge < -0.3 is 15.4 Å². The Morgan fingerprint density at radius 1 is 1.14 bits per heavy atom. The summed E-state index contributed by atoms with van der Waals surface area (Å²) in [5.41, 5.74) is 1.28. The van der Waals surface area contributed by atoms with Crippen molar-refractivity contribution in [2.45, 2.75) is 58.4 Å². The number of nitrogens with zero attached hydrogens (tertiary/aromatic N) is 4. The number of aromatic nitrogens is 4. The van der Waals surface area contributed by atoms with Crippen LogP contribution < -0.4 is 15.4 Å². The quantitative estimate of drug-likeness (QED) is 0.321. The number of amides is 1. The largest absolute Gasteiger partial charge is 0.477 e. The van der Waals surface area contributed by atoms with Crippen molar-refractivity contribution in [1.82, 2.24) is 19.7 Å². The van der Waals surface area contributed by atoms with Crippen LogP contribution in [0, 0.1) is 5.92 Å². The van der Waals surface area contributed by atoms with Gasteiger partial charge in [0, 0.05) is 12.4 Å². The van der Waals surface area contributed by atoms with Gasteiger partial charge in [0.15, 0.2) is 0 Å². The molecular weight excluding hydrogens is 487 g/mol. The van der Waals surface area contributed by atoms with Gasteiger partial charge in [-0.05, 0) is 50.7 Å². The monoisotopic (exact) mass is 516 g/mol. The molecule has 1 amide bonds. The zero-order chi connectivity index (χ0) is 24.8. The SMILES string of the molecule is CCCC1CCC(n2cc(Nc3ncc(C(=O)Nc4c(Cl)cccc4Cl)c(OCC)n3)cn2)CC1. The first-order valence-corrected chi connectivity index (χ1v) is 12.8. The molecule has 0 atom stereocenters. The molecule has 35 heavy (non-hydrogen) atoms. The number of carbonyl (C=O) groups excluding carboxylic acids is 1. The Kier molecular flexibility index (Phi) is 8.46. The Morgan fingerprint density at radius 3 is 2.57 bits per heavy atom. The molecule has 0 radical (unpaired) electrons. The van der Waals surface area contributed by atoms with E-state index in [1.54, 1.807) is 24.4 Å². The molecule has 2 aromatic heterocycles. The van der Waals surface area contributed by atoms with E-state index in [1.807, 2.05) is 17.8 Å². The minimum absolute atomic E-state index is 0.160. The van der Waals surface area contributed by atoms with Gasteiger partial charge in [-0.2, -0.15) is 10.1 Å². The molecule has 2 heterocycles. The van der Waals surface area contributed by atoms with E-state index < -0.39 is 5.91 Å². The third-order valence-electron chi connectivity index (χ3n) is 6.23. The van der Waals surface area contributed by atoms with Crippen molar-refractivity contribution in [1.29, 1.82) is 0 Å². The summed E-state index contributed by atoms with van der Waals surface area (Å²) in [4.78, 5) is 21.6. The highest BCUT2D eigenvalue weighted by Crippen LogP contribution is 2.35. The molecule has 8 nitrogen and oxygen atoms in total. The number of nitrogens with one attached hydrogen (secondary N) is 2. The molecule has 0 saturated heterocycles. The summed E-state index contributed by atoms with van der Waals surface area (Å²) < 4.78 is 7.66. The Morgan fingerprint density at radius 2 is 1.89 bits per heavy atom. The normalized spacial score (nSPS) is 17.7. The molecule has 1 aliphatic rings.